The molecule has 114 valence electrons. The summed E-state index contributed by atoms with van der Waals surface area (Å²) in [5.74, 6) is -0.0411. The number of ether oxygens (including phenoxy) is 1. The van der Waals surface area contributed by atoms with Gasteiger partial charge in [-0.25, -0.2) is 8.42 Å². The zero-order valence-electron chi connectivity index (χ0n) is 12.2. The van der Waals surface area contributed by atoms with E-state index in [2.05, 4.69) is 0 Å². The molecule has 0 heterocycles. The minimum Gasteiger partial charge on any atom is -0.392 e. The van der Waals surface area contributed by atoms with Crippen molar-refractivity contribution in [1.82, 2.24) is 4.31 Å². The molecule has 6 heteroatoms. The van der Waals surface area contributed by atoms with Crippen LogP contribution in [0.4, 0.5) is 0 Å². The minimum atomic E-state index is -3.38. The first kappa shape index (κ1) is 17.1. The van der Waals surface area contributed by atoms with Crippen molar-refractivity contribution in [3.8, 4) is 0 Å². The van der Waals surface area contributed by atoms with Crippen LogP contribution in [0.25, 0.3) is 0 Å². The number of methoxy groups -OCH3 is 1. The molecular formula is C14H23NO4S. The number of hydrogen-bond acceptors (Lipinski definition) is 4. The van der Waals surface area contributed by atoms with Crippen molar-refractivity contribution in [2.24, 2.45) is 0 Å². The molecule has 0 spiro atoms. The maximum Gasteiger partial charge on any atom is 0.218 e. The van der Waals surface area contributed by atoms with E-state index in [1.165, 1.54) is 4.31 Å². The first-order valence-corrected chi connectivity index (χ1v) is 8.18. The van der Waals surface area contributed by atoms with Gasteiger partial charge in [0.05, 0.1) is 19.0 Å². The second-order valence-electron chi connectivity index (χ2n) is 4.93. The fraction of sp³-hybridized carbons (Fsp3) is 0.571. The molecular weight excluding hydrogens is 278 g/mol. The lowest BCUT2D eigenvalue weighted by Gasteiger charge is -2.25. The van der Waals surface area contributed by atoms with E-state index in [9.17, 15) is 8.42 Å². The molecule has 0 radical (unpaired) electrons. The van der Waals surface area contributed by atoms with Gasteiger partial charge < -0.3 is 9.84 Å². The molecule has 0 aliphatic carbocycles. The second kappa shape index (κ2) is 7.73. The zero-order valence-corrected chi connectivity index (χ0v) is 13.1. The third-order valence-corrected chi connectivity index (χ3v) is 5.02. The van der Waals surface area contributed by atoms with Crippen LogP contribution < -0.4 is 0 Å². The summed E-state index contributed by atoms with van der Waals surface area (Å²) in [5.41, 5.74) is 1.48. The summed E-state index contributed by atoms with van der Waals surface area (Å²) in [7, 11) is -1.82. The van der Waals surface area contributed by atoms with E-state index < -0.39 is 10.0 Å². The van der Waals surface area contributed by atoms with Crippen LogP contribution >= 0.6 is 0 Å². The monoisotopic (exact) mass is 301 g/mol. The Morgan fingerprint density at radius 3 is 2.20 bits per heavy atom. The Balaban J connectivity index is 2.84. The van der Waals surface area contributed by atoms with Crippen molar-refractivity contribution < 1.29 is 18.3 Å². The Kier molecular flexibility index (Phi) is 6.61. The van der Waals surface area contributed by atoms with Gasteiger partial charge in [-0.1, -0.05) is 24.3 Å². The highest BCUT2D eigenvalue weighted by atomic mass is 32.2. The third kappa shape index (κ3) is 4.86. The van der Waals surface area contributed by atoms with Gasteiger partial charge in [-0.05, 0) is 25.0 Å². The normalized spacial score (nSPS) is 12.3. The molecule has 0 bridgehead atoms. The fourth-order valence-corrected chi connectivity index (χ4v) is 3.71. The highest BCUT2D eigenvalue weighted by molar-refractivity contribution is 7.88. The Morgan fingerprint density at radius 2 is 1.75 bits per heavy atom. The van der Waals surface area contributed by atoms with E-state index in [1.807, 2.05) is 13.8 Å². The van der Waals surface area contributed by atoms with Gasteiger partial charge in [-0.2, -0.15) is 4.31 Å². The SMILES string of the molecule is COCCN(C(C)C)S(=O)(=O)Cc1ccc(CO)cc1. The van der Waals surface area contributed by atoms with Crippen LogP contribution in [0, 0.1) is 0 Å². The van der Waals surface area contributed by atoms with Gasteiger partial charge >= 0.3 is 0 Å². The van der Waals surface area contributed by atoms with Crippen LogP contribution in [0.3, 0.4) is 0 Å². The zero-order chi connectivity index (χ0) is 15.2. The summed E-state index contributed by atoms with van der Waals surface area (Å²) in [5, 5.41) is 8.98. The predicted octanol–water partition coefficient (Wildman–Crippen LogP) is 1.37. The number of hydrogen-bond donors (Lipinski definition) is 1. The molecule has 0 saturated heterocycles. The Bertz CT molecular complexity index is 496. The van der Waals surface area contributed by atoms with Gasteiger partial charge in [0.15, 0.2) is 0 Å². The number of benzene rings is 1. The standard InChI is InChI=1S/C14H23NO4S/c1-12(2)15(8-9-19-3)20(17,18)11-14-6-4-13(10-16)5-7-14/h4-7,12,16H,8-11H2,1-3H3. The molecule has 0 saturated carbocycles. The van der Waals surface area contributed by atoms with Gasteiger partial charge in [0.1, 0.15) is 0 Å². The summed E-state index contributed by atoms with van der Waals surface area (Å²) in [6.45, 7) is 4.38. The summed E-state index contributed by atoms with van der Waals surface area (Å²) in [4.78, 5) is 0. The fourth-order valence-electron chi connectivity index (χ4n) is 1.93. The maximum atomic E-state index is 12.4. The van der Waals surface area contributed by atoms with Crippen LogP contribution in [-0.4, -0.2) is 44.1 Å². The van der Waals surface area contributed by atoms with Crippen LogP contribution in [0.5, 0.6) is 0 Å². The van der Waals surface area contributed by atoms with Gasteiger partial charge in [0.2, 0.25) is 10.0 Å². The largest absolute Gasteiger partial charge is 0.392 e. The topological polar surface area (TPSA) is 66.8 Å². The van der Waals surface area contributed by atoms with Gasteiger partial charge in [0.25, 0.3) is 0 Å². The van der Waals surface area contributed by atoms with Crippen molar-refractivity contribution in [3.05, 3.63) is 35.4 Å². The molecule has 0 aromatic heterocycles. The summed E-state index contributed by atoms with van der Waals surface area (Å²) in [6, 6.07) is 6.84. The Hall–Kier alpha value is -0.950. The average molecular weight is 301 g/mol. The lowest BCUT2D eigenvalue weighted by molar-refractivity contribution is 0.171. The molecule has 1 rings (SSSR count). The van der Waals surface area contributed by atoms with E-state index in [4.69, 9.17) is 9.84 Å². The number of nitrogens with zero attached hydrogens (tertiary/aromatic N) is 1. The lowest BCUT2D eigenvalue weighted by atomic mass is 10.2. The van der Waals surface area contributed by atoms with E-state index >= 15 is 0 Å². The van der Waals surface area contributed by atoms with Crippen molar-refractivity contribution in [2.45, 2.75) is 32.2 Å². The van der Waals surface area contributed by atoms with Crippen LogP contribution in [0.2, 0.25) is 0 Å². The van der Waals surface area contributed by atoms with Crippen LogP contribution in [0.1, 0.15) is 25.0 Å². The van der Waals surface area contributed by atoms with Gasteiger partial charge in [-0.3, -0.25) is 0 Å². The molecule has 0 atom stereocenters. The van der Waals surface area contributed by atoms with E-state index in [1.54, 1.807) is 31.4 Å². The van der Waals surface area contributed by atoms with Crippen LogP contribution in [-0.2, 0) is 27.1 Å². The summed E-state index contributed by atoms with van der Waals surface area (Å²) in [6.07, 6.45) is 0. The van der Waals surface area contributed by atoms with E-state index in [0.717, 1.165) is 5.56 Å². The second-order valence-corrected chi connectivity index (χ2v) is 6.85. The minimum absolute atomic E-state index is 0.0411. The predicted molar refractivity (Wildman–Crippen MR) is 78.7 cm³/mol. The van der Waals surface area contributed by atoms with Crippen molar-refractivity contribution in [2.75, 3.05) is 20.3 Å². The molecule has 0 amide bonds. The molecule has 0 fully saturated rings. The van der Waals surface area contributed by atoms with E-state index in [-0.39, 0.29) is 18.4 Å². The summed E-state index contributed by atoms with van der Waals surface area (Å²) < 4.78 is 31.3. The van der Waals surface area contributed by atoms with Crippen molar-refractivity contribution >= 4 is 10.0 Å². The average Bonchev–Trinajstić information content (AvgIpc) is 2.39. The molecule has 1 aromatic carbocycles. The van der Waals surface area contributed by atoms with Crippen LogP contribution in [0.15, 0.2) is 24.3 Å². The maximum absolute atomic E-state index is 12.4. The highest BCUT2D eigenvalue weighted by Gasteiger charge is 2.24. The lowest BCUT2D eigenvalue weighted by Crippen LogP contribution is -2.39. The molecule has 0 aliphatic heterocycles. The first-order valence-electron chi connectivity index (χ1n) is 6.58. The number of aliphatic hydroxyl groups excluding tert-OH is 1. The van der Waals surface area contributed by atoms with Gasteiger partial charge in [0, 0.05) is 19.7 Å². The van der Waals surface area contributed by atoms with Gasteiger partial charge in [-0.15, -0.1) is 0 Å². The molecule has 0 unspecified atom stereocenters. The first-order chi connectivity index (χ1) is 9.40. The highest BCUT2D eigenvalue weighted by Crippen LogP contribution is 2.14. The quantitative estimate of drug-likeness (QED) is 0.787. The number of aliphatic hydroxyl groups is 1. The molecule has 0 aliphatic rings. The molecule has 1 N–H and O–H groups in total. The van der Waals surface area contributed by atoms with Crippen molar-refractivity contribution in [1.29, 1.82) is 0 Å². The molecule has 1 aromatic rings. The molecule has 5 nitrogen and oxygen atoms in total. The number of sulfonamides is 1. The number of rotatable bonds is 8. The Morgan fingerprint density at radius 1 is 1.20 bits per heavy atom. The van der Waals surface area contributed by atoms with Crippen molar-refractivity contribution in [3.63, 3.8) is 0 Å². The molecule has 20 heavy (non-hydrogen) atoms. The third-order valence-electron chi connectivity index (χ3n) is 3.00. The summed E-state index contributed by atoms with van der Waals surface area (Å²) >= 11 is 0. The van der Waals surface area contributed by atoms with E-state index in [0.29, 0.717) is 18.7 Å². The Labute approximate surface area is 121 Å². The smallest absolute Gasteiger partial charge is 0.218 e.